The molecule has 6 nitrogen and oxygen atoms in total. The van der Waals surface area contributed by atoms with Crippen molar-refractivity contribution in [3.05, 3.63) is 82.9 Å². The number of hydrogen-bond donors (Lipinski definition) is 2. The highest BCUT2D eigenvalue weighted by atomic mass is 35.5. The number of aromatic nitrogens is 2. The SMILES string of the molecule is COc1ccccc1C(NC(=O)NCc1ccc(Cl)cc1)c1nccn1C. The first-order chi connectivity index (χ1) is 13.1. The summed E-state index contributed by atoms with van der Waals surface area (Å²) >= 11 is 5.89. The van der Waals surface area contributed by atoms with Gasteiger partial charge in [-0.3, -0.25) is 0 Å². The summed E-state index contributed by atoms with van der Waals surface area (Å²) in [4.78, 5) is 16.9. The number of urea groups is 1. The van der Waals surface area contributed by atoms with E-state index in [1.807, 2.05) is 54.2 Å². The van der Waals surface area contributed by atoms with E-state index < -0.39 is 6.04 Å². The Morgan fingerprint density at radius 3 is 2.63 bits per heavy atom. The van der Waals surface area contributed by atoms with E-state index in [9.17, 15) is 4.79 Å². The fourth-order valence-corrected chi connectivity index (χ4v) is 2.93. The molecule has 1 aromatic heterocycles. The molecular formula is C20H21ClN4O2. The van der Waals surface area contributed by atoms with Crippen molar-refractivity contribution in [1.82, 2.24) is 20.2 Å². The molecular weight excluding hydrogens is 364 g/mol. The molecule has 0 spiro atoms. The third-order valence-electron chi connectivity index (χ3n) is 4.21. The van der Waals surface area contributed by atoms with Crippen molar-refractivity contribution in [3.8, 4) is 5.75 Å². The van der Waals surface area contributed by atoms with Crippen LogP contribution < -0.4 is 15.4 Å². The fraction of sp³-hybridized carbons (Fsp3) is 0.200. The van der Waals surface area contributed by atoms with Crippen LogP contribution in [0.4, 0.5) is 4.79 Å². The van der Waals surface area contributed by atoms with E-state index >= 15 is 0 Å². The molecule has 0 aliphatic heterocycles. The molecule has 1 unspecified atom stereocenters. The van der Waals surface area contributed by atoms with E-state index in [0.717, 1.165) is 11.1 Å². The number of nitrogens with zero attached hydrogens (tertiary/aromatic N) is 2. The summed E-state index contributed by atoms with van der Waals surface area (Å²) in [5.74, 6) is 1.39. The standard InChI is InChI=1S/C20H21ClN4O2/c1-25-12-11-22-19(25)18(16-5-3-4-6-17(16)27-2)24-20(26)23-13-14-7-9-15(21)10-8-14/h3-12,18H,13H2,1-2H3,(H2,23,24,26). The minimum absolute atomic E-state index is 0.302. The smallest absolute Gasteiger partial charge is 0.315 e. The Balaban J connectivity index is 1.78. The van der Waals surface area contributed by atoms with Crippen LogP contribution in [0.3, 0.4) is 0 Å². The molecule has 2 N–H and O–H groups in total. The average Bonchev–Trinajstić information content (AvgIpc) is 3.11. The van der Waals surface area contributed by atoms with Crippen LogP contribution >= 0.6 is 11.6 Å². The number of ether oxygens (including phenoxy) is 1. The summed E-state index contributed by atoms with van der Waals surface area (Å²) in [5.41, 5.74) is 1.79. The third-order valence-corrected chi connectivity index (χ3v) is 4.46. The number of carbonyl (C=O) groups is 1. The Morgan fingerprint density at radius 1 is 1.22 bits per heavy atom. The van der Waals surface area contributed by atoms with Gasteiger partial charge in [-0.15, -0.1) is 0 Å². The molecule has 0 fully saturated rings. The number of carbonyl (C=O) groups excluding carboxylic acids is 1. The molecule has 2 amide bonds. The van der Waals surface area contributed by atoms with Crippen LogP contribution in [0.5, 0.6) is 5.75 Å². The van der Waals surface area contributed by atoms with Crippen molar-refractivity contribution in [3.63, 3.8) is 0 Å². The van der Waals surface area contributed by atoms with Gasteiger partial charge in [-0.2, -0.15) is 0 Å². The summed E-state index contributed by atoms with van der Waals surface area (Å²) in [6.07, 6.45) is 3.54. The summed E-state index contributed by atoms with van der Waals surface area (Å²) in [6, 6.07) is 14.1. The molecule has 140 valence electrons. The van der Waals surface area contributed by atoms with Gasteiger partial charge in [0.25, 0.3) is 0 Å². The van der Waals surface area contributed by atoms with Crippen molar-refractivity contribution in [2.45, 2.75) is 12.6 Å². The number of rotatable bonds is 6. The molecule has 0 radical (unpaired) electrons. The number of aryl methyl sites for hydroxylation is 1. The number of methoxy groups -OCH3 is 1. The van der Waals surface area contributed by atoms with Crippen LogP contribution in [-0.2, 0) is 13.6 Å². The van der Waals surface area contributed by atoms with Gasteiger partial charge in [0.15, 0.2) is 0 Å². The van der Waals surface area contributed by atoms with E-state index in [2.05, 4.69) is 15.6 Å². The predicted octanol–water partition coefficient (Wildman–Crippen LogP) is 3.67. The number of halogens is 1. The van der Waals surface area contributed by atoms with Gasteiger partial charge in [0.05, 0.1) is 7.11 Å². The summed E-state index contributed by atoms with van der Waals surface area (Å²) < 4.78 is 7.34. The lowest BCUT2D eigenvalue weighted by Crippen LogP contribution is -2.39. The Bertz CT molecular complexity index is 908. The molecule has 2 aromatic carbocycles. The first kappa shape index (κ1) is 18.8. The van der Waals surface area contributed by atoms with Crippen molar-refractivity contribution in [2.24, 2.45) is 7.05 Å². The zero-order valence-electron chi connectivity index (χ0n) is 15.1. The van der Waals surface area contributed by atoms with Crippen LogP contribution in [0.2, 0.25) is 5.02 Å². The van der Waals surface area contributed by atoms with Gasteiger partial charge in [0.1, 0.15) is 17.6 Å². The van der Waals surface area contributed by atoms with Crippen LogP contribution in [0.15, 0.2) is 60.9 Å². The number of nitrogens with one attached hydrogen (secondary N) is 2. The maximum Gasteiger partial charge on any atom is 0.315 e. The van der Waals surface area contributed by atoms with Gasteiger partial charge in [-0.25, -0.2) is 9.78 Å². The summed E-state index contributed by atoms with van der Waals surface area (Å²) in [5, 5.41) is 6.52. The number of imidazole rings is 1. The fourth-order valence-electron chi connectivity index (χ4n) is 2.81. The lowest BCUT2D eigenvalue weighted by molar-refractivity contribution is 0.237. The first-order valence-electron chi connectivity index (χ1n) is 8.47. The minimum Gasteiger partial charge on any atom is -0.496 e. The molecule has 0 saturated heterocycles. The normalized spacial score (nSPS) is 11.7. The van der Waals surface area contributed by atoms with Crippen LogP contribution in [0.25, 0.3) is 0 Å². The van der Waals surface area contributed by atoms with Gasteiger partial charge < -0.3 is 19.9 Å². The second kappa shape index (κ2) is 8.60. The van der Waals surface area contributed by atoms with Crippen molar-refractivity contribution < 1.29 is 9.53 Å². The van der Waals surface area contributed by atoms with E-state index in [1.54, 1.807) is 25.4 Å². The topological polar surface area (TPSA) is 68.2 Å². The second-order valence-corrected chi connectivity index (χ2v) is 6.46. The molecule has 0 aliphatic carbocycles. The Morgan fingerprint density at radius 2 is 1.96 bits per heavy atom. The number of benzene rings is 2. The van der Waals surface area contributed by atoms with Gasteiger partial charge >= 0.3 is 6.03 Å². The molecule has 1 atom stereocenters. The Hall–Kier alpha value is -2.99. The Labute approximate surface area is 163 Å². The second-order valence-electron chi connectivity index (χ2n) is 6.02. The number of para-hydroxylation sites is 1. The Kier molecular flexibility index (Phi) is 5.98. The summed E-state index contributed by atoms with van der Waals surface area (Å²) in [6.45, 7) is 0.391. The van der Waals surface area contributed by atoms with Crippen molar-refractivity contribution >= 4 is 17.6 Å². The highest BCUT2D eigenvalue weighted by Gasteiger charge is 2.23. The summed E-state index contributed by atoms with van der Waals surface area (Å²) in [7, 11) is 3.49. The molecule has 1 heterocycles. The zero-order chi connectivity index (χ0) is 19.2. The molecule has 3 aromatic rings. The average molecular weight is 385 g/mol. The van der Waals surface area contributed by atoms with E-state index in [0.29, 0.717) is 23.1 Å². The highest BCUT2D eigenvalue weighted by molar-refractivity contribution is 6.30. The molecule has 0 bridgehead atoms. The van der Waals surface area contributed by atoms with Crippen molar-refractivity contribution in [2.75, 3.05) is 7.11 Å². The van der Waals surface area contributed by atoms with Crippen molar-refractivity contribution in [1.29, 1.82) is 0 Å². The van der Waals surface area contributed by atoms with E-state index in [1.165, 1.54) is 0 Å². The van der Waals surface area contributed by atoms with E-state index in [4.69, 9.17) is 16.3 Å². The van der Waals surface area contributed by atoms with Crippen LogP contribution in [0.1, 0.15) is 23.0 Å². The lowest BCUT2D eigenvalue weighted by Gasteiger charge is -2.21. The highest BCUT2D eigenvalue weighted by Crippen LogP contribution is 2.28. The minimum atomic E-state index is -0.452. The zero-order valence-corrected chi connectivity index (χ0v) is 15.9. The van der Waals surface area contributed by atoms with E-state index in [-0.39, 0.29) is 6.03 Å². The quantitative estimate of drug-likeness (QED) is 0.681. The van der Waals surface area contributed by atoms with Crippen LogP contribution in [-0.4, -0.2) is 22.7 Å². The van der Waals surface area contributed by atoms with Gasteiger partial charge in [-0.05, 0) is 23.8 Å². The van der Waals surface area contributed by atoms with Gasteiger partial charge in [0.2, 0.25) is 0 Å². The predicted molar refractivity (Wildman–Crippen MR) is 105 cm³/mol. The maximum absolute atomic E-state index is 12.5. The van der Waals surface area contributed by atoms with Gasteiger partial charge in [0, 0.05) is 36.6 Å². The monoisotopic (exact) mass is 384 g/mol. The largest absolute Gasteiger partial charge is 0.496 e. The lowest BCUT2D eigenvalue weighted by atomic mass is 10.0. The maximum atomic E-state index is 12.5. The molecule has 7 heteroatoms. The number of hydrogen-bond acceptors (Lipinski definition) is 3. The van der Waals surface area contributed by atoms with Gasteiger partial charge in [-0.1, -0.05) is 41.9 Å². The third kappa shape index (κ3) is 4.60. The molecule has 0 saturated carbocycles. The molecule has 0 aliphatic rings. The van der Waals surface area contributed by atoms with Crippen LogP contribution in [0, 0.1) is 0 Å². The number of amides is 2. The molecule has 3 rings (SSSR count). The first-order valence-corrected chi connectivity index (χ1v) is 8.85. The molecule has 27 heavy (non-hydrogen) atoms.